The molecule has 3 fully saturated rings. The Morgan fingerprint density at radius 1 is 1.05 bits per heavy atom. The fourth-order valence-corrected chi connectivity index (χ4v) is 7.41. The lowest BCUT2D eigenvalue weighted by Crippen LogP contribution is -2.52. The average Bonchev–Trinajstić information content (AvgIpc) is 2.84. The second-order valence-electron chi connectivity index (χ2n) is 9.27. The minimum Gasteiger partial charge on any atom is -0.295 e. The van der Waals surface area contributed by atoms with Crippen molar-refractivity contribution in [3.05, 3.63) is 11.6 Å². The van der Waals surface area contributed by atoms with E-state index < -0.39 is 0 Å². The Hall–Kier alpha value is -0.590. The monoisotopic (exact) mass is 300 g/mol. The molecule has 0 aromatic carbocycles. The van der Waals surface area contributed by atoms with Crippen LogP contribution in [-0.4, -0.2) is 5.78 Å². The highest BCUT2D eigenvalue weighted by Gasteiger charge is 2.58. The van der Waals surface area contributed by atoms with Crippen LogP contribution in [0.2, 0.25) is 0 Å². The summed E-state index contributed by atoms with van der Waals surface area (Å²) in [5.41, 5.74) is 1.98. The fourth-order valence-electron chi connectivity index (χ4n) is 7.41. The van der Waals surface area contributed by atoms with E-state index in [4.69, 9.17) is 0 Å². The Bertz CT molecular complexity index is 518. The van der Waals surface area contributed by atoms with Crippen molar-refractivity contribution in [1.82, 2.24) is 0 Å². The number of Topliss-reactive ketones (excluding diaryl/α,β-unsaturated/α-hetero) is 1. The molecule has 0 amide bonds. The van der Waals surface area contributed by atoms with Crippen molar-refractivity contribution in [3.63, 3.8) is 0 Å². The van der Waals surface area contributed by atoms with E-state index in [0.717, 1.165) is 23.7 Å². The molecule has 122 valence electrons. The summed E-state index contributed by atoms with van der Waals surface area (Å²) in [7, 11) is 0. The van der Waals surface area contributed by atoms with Crippen LogP contribution in [0.15, 0.2) is 11.6 Å². The fraction of sp³-hybridized carbons (Fsp3) is 0.857. The van der Waals surface area contributed by atoms with Gasteiger partial charge in [0.15, 0.2) is 5.78 Å². The summed E-state index contributed by atoms with van der Waals surface area (Å²) >= 11 is 0. The van der Waals surface area contributed by atoms with Crippen LogP contribution in [0.1, 0.15) is 78.6 Å². The lowest BCUT2D eigenvalue weighted by Gasteiger charge is -2.60. The van der Waals surface area contributed by atoms with Crippen LogP contribution < -0.4 is 0 Å². The van der Waals surface area contributed by atoms with Crippen molar-refractivity contribution in [1.29, 1.82) is 0 Å². The Morgan fingerprint density at radius 3 is 2.64 bits per heavy atom. The van der Waals surface area contributed by atoms with Crippen molar-refractivity contribution in [2.75, 3.05) is 0 Å². The topological polar surface area (TPSA) is 17.1 Å². The summed E-state index contributed by atoms with van der Waals surface area (Å²) in [6.07, 6.45) is 14.9. The van der Waals surface area contributed by atoms with Gasteiger partial charge in [-0.25, -0.2) is 0 Å². The van der Waals surface area contributed by atoms with Crippen molar-refractivity contribution in [3.8, 4) is 0 Å². The molecule has 4 rings (SSSR count). The standard InChI is InChI=1S/C21H32O/c1-14(22)17-9-10-18-16-8-7-15-6-4-5-12-20(15,2)19(16)11-13-21(17,18)3/h9,15-16,18-19H,4-8,10-13H2,1-3H3/t15-,16-,18-,19-,20+,21-/m1/s1. The summed E-state index contributed by atoms with van der Waals surface area (Å²) in [5.74, 6) is 3.90. The quantitative estimate of drug-likeness (QED) is 0.621. The zero-order valence-corrected chi connectivity index (χ0v) is 14.7. The van der Waals surface area contributed by atoms with Gasteiger partial charge in [-0.05, 0) is 91.9 Å². The van der Waals surface area contributed by atoms with Crippen molar-refractivity contribution in [2.24, 2.45) is 34.5 Å². The maximum absolute atomic E-state index is 12.1. The number of allylic oxidation sites excluding steroid dienone is 2. The Labute approximate surface area is 135 Å². The lowest BCUT2D eigenvalue weighted by atomic mass is 9.45. The molecule has 0 heterocycles. The molecule has 4 aliphatic carbocycles. The molecule has 1 heteroatoms. The minimum absolute atomic E-state index is 0.199. The van der Waals surface area contributed by atoms with E-state index in [1.54, 1.807) is 6.92 Å². The van der Waals surface area contributed by atoms with Crippen LogP contribution >= 0.6 is 0 Å². The molecule has 0 saturated heterocycles. The Kier molecular flexibility index (Phi) is 3.37. The molecule has 0 radical (unpaired) electrons. The summed E-state index contributed by atoms with van der Waals surface area (Å²) in [5, 5.41) is 0. The van der Waals surface area contributed by atoms with E-state index in [0.29, 0.717) is 11.2 Å². The van der Waals surface area contributed by atoms with Crippen molar-refractivity contribution in [2.45, 2.75) is 78.6 Å². The maximum atomic E-state index is 12.1. The van der Waals surface area contributed by atoms with Gasteiger partial charge >= 0.3 is 0 Å². The SMILES string of the molecule is CC(=O)C1=CC[C@@H]2[C@H]3CC[C@H]4CCCC[C@]4(C)[C@@H]3CC[C@]12C. The van der Waals surface area contributed by atoms with Gasteiger partial charge in [-0.2, -0.15) is 0 Å². The number of carbonyl (C=O) groups excluding carboxylic acids is 1. The molecule has 0 aliphatic heterocycles. The van der Waals surface area contributed by atoms with Gasteiger partial charge in [0.1, 0.15) is 0 Å². The second kappa shape index (κ2) is 4.95. The molecule has 0 spiro atoms. The molecule has 0 unspecified atom stereocenters. The molecule has 4 aliphatic rings. The zero-order valence-electron chi connectivity index (χ0n) is 14.7. The third-order valence-electron chi connectivity index (χ3n) is 8.54. The number of fused-ring (bicyclic) bond motifs is 5. The number of ketones is 1. The summed E-state index contributed by atoms with van der Waals surface area (Å²) in [6, 6.07) is 0. The molecule has 0 aromatic rings. The number of hydrogen-bond acceptors (Lipinski definition) is 1. The first-order valence-corrected chi connectivity index (χ1v) is 9.68. The van der Waals surface area contributed by atoms with Gasteiger partial charge in [-0.15, -0.1) is 0 Å². The van der Waals surface area contributed by atoms with Gasteiger partial charge in [0.05, 0.1) is 0 Å². The van der Waals surface area contributed by atoms with Gasteiger partial charge in [0.25, 0.3) is 0 Å². The van der Waals surface area contributed by atoms with Crippen molar-refractivity contribution >= 4 is 5.78 Å². The highest BCUT2D eigenvalue weighted by molar-refractivity contribution is 5.95. The molecule has 3 saturated carbocycles. The predicted octanol–water partition coefficient (Wildman–Crippen LogP) is 5.54. The highest BCUT2D eigenvalue weighted by atomic mass is 16.1. The summed E-state index contributed by atoms with van der Waals surface area (Å²) < 4.78 is 0. The molecule has 6 atom stereocenters. The maximum Gasteiger partial charge on any atom is 0.156 e. The second-order valence-corrected chi connectivity index (χ2v) is 9.27. The van der Waals surface area contributed by atoms with E-state index in [-0.39, 0.29) is 5.41 Å². The van der Waals surface area contributed by atoms with Crippen LogP contribution in [-0.2, 0) is 4.79 Å². The van der Waals surface area contributed by atoms with Crippen LogP contribution in [0, 0.1) is 34.5 Å². The van der Waals surface area contributed by atoms with Crippen LogP contribution in [0.4, 0.5) is 0 Å². The van der Waals surface area contributed by atoms with E-state index in [1.165, 1.54) is 63.4 Å². The Balaban J connectivity index is 1.64. The molecule has 0 N–H and O–H groups in total. The van der Waals surface area contributed by atoms with Crippen LogP contribution in [0.5, 0.6) is 0 Å². The normalized spacial score (nSPS) is 50.6. The Morgan fingerprint density at radius 2 is 1.86 bits per heavy atom. The van der Waals surface area contributed by atoms with Gasteiger partial charge in [0, 0.05) is 0 Å². The van der Waals surface area contributed by atoms with E-state index in [2.05, 4.69) is 19.9 Å². The van der Waals surface area contributed by atoms with Crippen LogP contribution in [0.25, 0.3) is 0 Å². The molecular weight excluding hydrogens is 268 g/mol. The molecule has 0 bridgehead atoms. The highest BCUT2D eigenvalue weighted by Crippen LogP contribution is 2.66. The first-order valence-electron chi connectivity index (χ1n) is 9.68. The molecule has 1 nitrogen and oxygen atoms in total. The lowest BCUT2D eigenvalue weighted by molar-refractivity contribution is -0.118. The summed E-state index contributed by atoms with van der Waals surface area (Å²) in [4.78, 5) is 12.1. The van der Waals surface area contributed by atoms with Gasteiger partial charge in [0.2, 0.25) is 0 Å². The largest absolute Gasteiger partial charge is 0.295 e. The summed E-state index contributed by atoms with van der Waals surface area (Å²) in [6.45, 7) is 6.82. The number of rotatable bonds is 1. The average molecular weight is 300 g/mol. The van der Waals surface area contributed by atoms with E-state index >= 15 is 0 Å². The van der Waals surface area contributed by atoms with Crippen molar-refractivity contribution < 1.29 is 4.79 Å². The van der Waals surface area contributed by atoms with Gasteiger partial charge in [-0.1, -0.05) is 32.8 Å². The number of carbonyl (C=O) groups is 1. The molecule has 0 aromatic heterocycles. The smallest absolute Gasteiger partial charge is 0.156 e. The molecule has 22 heavy (non-hydrogen) atoms. The minimum atomic E-state index is 0.199. The first-order chi connectivity index (χ1) is 10.5. The third-order valence-corrected chi connectivity index (χ3v) is 8.54. The first kappa shape index (κ1) is 15.0. The molecular formula is C21H32O. The van der Waals surface area contributed by atoms with Crippen LogP contribution in [0.3, 0.4) is 0 Å². The zero-order chi connectivity index (χ0) is 15.5. The number of hydrogen-bond donors (Lipinski definition) is 0. The van der Waals surface area contributed by atoms with E-state index in [9.17, 15) is 4.79 Å². The predicted molar refractivity (Wildman–Crippen MR) is 90.5 cm³/mol. The van der Waals surface area contributed by atoms with E-state index in [1.807, 2.05) is 0 Å². The third kappa shape index (κ3) is 1.86. The van der Waals surface area contributed by atoms with Gasteiger partial charge < -0.3 is 0 Å². The van der Waals surface area contributed by atoms with Gasteiger partial charge in [-0.3, -0.25) is 4.79 Å².